The number of hydrogen-bond donors (Lipinski definition) is 1. The lowest BCUT2D eigenvalue weighted by Crippen LogP contribution is -2.35. The molecule has 2 heterocycles. The molecule has 2 aromatic carbocycles. The minimum absolute atomic E-state index is 0.123. The van der Waals surface area contributed by atoms with Gasteiger partial charge in [0, 0.05) is 23.9 Å². The van der Waals surface area contributed by atoms with E-state index in [0.717, 1.165) is 55.2 Å². The summed E-state index contributed by atoms with van der Waals surface area (Å²) in [6, 6.07) is 8.08. The zero-order valence-electron chi connectivity index (χ0n) is 17.6. The summed E-state index contributed by atoms with van der Waals surface area (Å²) in [4.78, 5) is 1.80. The van der Waals surface area contributed by atoms with Gasteiger partial charge in [-0.3, -0.25) is 0 Å². The highest BCUT2D eigenvalue weighted by Gasteiger charge is 2.31. The van der Waals surface area contributed by atoms with Crippen molar-refractivity contribution < 1.29 is 30.5 Å². The SMILES string of the molecule is O=S(=O)(NCCCN1CCC(c2noc3cc(F)ccc23)CC1)c1cccc(C(F)(F)F)c1. The number of nitrogens with zero attached hydrogens (tertiary/aromatic N) is 2. The Morgan fingerprint density at radius 3 is 2.61 bits per heavy atom. The van der Waals surface area contributed by atoms with E-state index in [-0.39, 0.29) is 18.3 Å². The fourth-order valence-corrected chi connectivity index (χ4v) is 5.21. The molecule has 0 aliphatic carbocycles. The summed E-state index contributed by atoms with van der Waals surface area (Å²) in [5.74, 6) is -0.170. The van der Waals surface area contributed by atoms with Crippen molar-refractivity contribution in [3.05, 3.63) is 59.5 Å². The largest absolute Gasteiger partial charge is 0.416 e. The Morgan fingerprint density at radius 1 is 1.12 bits per heavy atom. The van der Waals surface area contributed by atoms with Crippen molar-refractivity contribution in [2.24, 2.45) is 0 Å². The lowest BCUT2D eigenvalue weighted by Gasteiger charge is -2.31. The van der Waals surface area contributed by atoms with Gasteiger partial charge in [0.05, 0.1) is 16.2 Å². The van der Waals surface area contributed by atoms with Crippen molar-refractivity contribution in [1.82, 2.24) is 14.8 Å². The molecule has 0 bridgehead atoms. The maximum Gasteiger partial charge on any atom is 0.416 e. The highest BCUT2D eigenvalue weighted by Crippen LogP contribution is 2.33. The minimum atomic E-state index is -4.61. The van der Waals surface area contributed by atoms with Crippen LogP contribution in [0.5, 0.6) is 0 Å². The maximum absolute atomic E-state index is 13.3. The predicted molar refractivity (Wildman–Crippen MR) is 114 cm³/mol. The van der Waals surface area contributed by atoms with Gasteiger partial charge in [-0.05, 0) is 69.2 Å². The first-order valence-electron chi connectivity index (χ1n) is 10.6. The zero-order valence-corrected chi connectivity index (χ0v) is 18.4. The summed E-state index contributed by atoms with van der Waals surface area (Å²) in [7, 11) is -4.02. The lowest BCUT2D eigenvalue weighted by atomic mass is 9.91. The summed E-state index contributed by atoms with van der Waals surface area (Å²) < 4.78 is 84.1. The smallest absolute Gasteiger partial charge is 0.356 e. The molecular formula is C22H23F4N3O3S. The van der Waals surface area contributed by atoms with Crippen molar-refractivity contribution in [2.75, 3.05) is 26.2 Å². The number of likely N-dealkylation sites (tertiary alicyclic amines) is 1. The fraction of sp³-hybridized carbons (Fsp3) is 0.409. The number of fused-ring (bicyclic) bond motifs is 1. The molecule has 1 saturated heterocycles. The van der Waals surface area contributed by atoms with Crippen molar-refractivity contribution >= 4 is 21.0 Å². The molecule has 0 saturated carbocycles. The Kier molecular flexibility index (Phi) is 6.73. The first-order valence-corrected chi connectivity index (χ1v) is 12.1. The molecule has 3 aromatic rings. The van der Waals surface area contributed by atoms with Crippen LogP contribution in [0.4, 0.5) is 17.6 Å². The molecule has 4 rings (SSSR count). The monoisotopic (exact) mass is 485 g/mol. The van der Waals surface area contributed by atoms with Gasteiger partial charge in [-0.15, -0.1) is 0 Å². The molecule has 178 valence electrons. The topological polar surface area (TPSA) is 75.4 Å². The van der Waals surface area contributed by atoms with Gasteiger partial charge < -0.3 is 9.42 Å². The summed E-state index contributed by atoms with van der Waals surface area (Å²) in [6.07, 6.45) is -2.40. The van der Waals surface area contributed by atoms with Gasteiger partial charge in [0.1, 0.15) is 5.82 Å². The van der Waals surface area contributed by atoms with Crippen LogP contribution in [0, 0.1) is 5.82 Å². The van der Waals surface area contributed by atoms with E-state index in [0.29, 0.717) is 24.6 Å². The van der Waals surface area contributed by atoms with Gasteiger partial charge in [-0.2, -0.15) is 13.2 Å². The van der Waals surface area contributed by atoms with Crippen LogP contribution in [-0.4, -0.2) is 44.7 Å². The highest BCUT2D eigenvalue weighted by molar-refractivity contribution is 7.89. The number of sulfonamides is 1. The normalized spacial score (nSPS) is 16.5. The van der Waals surface area contributed by atoms with Gasteiger partial charge in [0.2, 0.25) is 10.0 Å². The summed E-state index contributed by atoms with van der Waals surface area (Å²) in [5.41, 5.74) is 0.261. The van der Waals surface area contributed by atoms with E-state index in [2.05, 4.69) is 14.8 Å². The molecule has 33 heavy (non-hydrogen) atoms. The third-order valence-corrected chi connectivity index (χ3v) is 7.31. The van der Waals surface area contributed by atoms with E-state index in [1.165, 1.54) is 12.1 Å². The third kappa shape index (κ3) is 5.53. The van der Waals surface area contributed by atoms with Crippen LogP contribution >= 0.6 is 0 Å². The van der Waals surface area contributed by atoms with Gasteiger partial charge >= 0.3 is 6.18 Å². The molecule has 1 aliphatic rings. The van der Waals surface area contributed by atoms with Gasteiger partial charge in [-0.1, -0.05) is 11.2 Å². The number of alkyl halides is 3. The van der Waals surface area contributed by atoms with Gasteiger partial charge in [-0.25, -0.2) is 17.5 Å². The lowest BCUT2D eigenvalue weighted by molar-refractivity contribution is -0.137. The van der Waals surface area contributed by atoms with E-state index in [1.807, 2.05) is 0 Å². The molecule has 11 heteroatoms. The number of nitrogens with one attached hydrogen (secondary N) is 1. The van der Waals surface area contributed by atoms with E-state index >= 15 is 0 Å². The molecule has 0 unspecified atom stereocenters. The maximum atomic E-state index is 13.3. The molecular weight excluding hydrogens is 462 g/mol. The molecule has 0 radical (unpaired) electrons. The molecule has 6 nitrogen and oxygen atoms in total. The molecule has 1 fully saturated rings. The number of rotatable bonds is 7. The van der Waals surface area contributed by atoms with Crippen LogP contribution in [0.1, 0.15) is 36.4 Å². The standard InChI is InChI=1S/C22H23F4N3O3S/c23-17-5-6-19-20(14-17)32-28-21(19)15-7-11-29(12-8-15)10-2-9-27-33(30,31)18-4-1-3-16(13-18)22(24,25)26/h1,3-6,13-15,27H,2,7-12H2. The highest BCUT2D eigenvalue weighted by atomic mass is 32.2. The summed E-state index contributed by atoms with van der Waals surface area (Å²) >= 11 is 0. The number of benzene rings is 2. The number of halogens is 4. The Bertz CT molecular complexity index is 1220. The minimum Gasteiger partial charge on any atom is -0.356 e. The number of hydrogen-bond acceptors (Lipinski definition) is 5. The second kappa shape index (κ2) is 9.40. The predicted octanol–water partition coefficient (Wildman–Crippen LogP) is 4.53. The fourth-order valence-electron chi connectivity index (χ4n) is 4.09. The van der Waals surface area contributed by atoms with Crippen LogP contribution in [0.2, 0.25) is 0 Å². The summed E-state index contributed by atoms with van der Waals surface area (Å²) in [5, 5.41) is 4.95. The number of piperidine rings is 1. The first kappa shape index (κ1) is 23.7. The van der Waals surface area contributed by atoms with Crippen molar-refractivity contribution in [2.45, 2.75) is 36.3 Å². The second-order valence-corrected chi connectivity index (χ2v) is 9.87. The Hall–Kier alpha value is -2.50. The Labute approximate surface area is 188 Å². The molecule has 0 spiro atoms. The molecule has 1 N–H and O–H groups in total. The van der Waals surface area contributed by atoms with Crippen molar-refractivity contribution in [1.29, 1.82) is 0 Å². The molecule has 1 aromatic heterocycles. The van der Waals surface area contributed by atoms with Crippen LogP contribution < -0.4 is 4.72 Å². The van der Waals surface area contributed by atoms with E-state index < -0.39 is 26.7 Å². The first-order chi connectivity index (χ1) is 15.6. The van der Waals surface area contributed by atoms with Crippen molar-refractivity contribution in [3.8, 4) is 0 Å². The summed E-state index contributed by atoms with van der Waals surface area (Å²) in [6.45, 7) is 2.36. The molecule has 0 atom stereocenters. The van der Waals surface area contributed by atoms with E-state index in [1.54, 1.807) is 6.07 Å². The second-order valence-electron chi connectivity index (χ2n) is 8.10. The van der Waals surface area contributed by atoms with Gasteiger partial charge in [0.25, 0.3) is 0 Å². The Balaban J connectivity index is 1.25. The van der Waals surface area contributed by atoms with Crippen molar-refractivity contribution in [3.63, 3.8) is 0 Å². The molecule has 1 aliphatic heterocycles. The molecule has 0 amide bonds. The van der Waals surface area contributed by atoms with Crippen LogP contribution in [0.25, 0.3) is 11.0 Å². The average Bonchev–Trinajstić information content (AvgIpc) is 3.20. The quantitative estimate of drug-likeness (QED) is 0.393. The van der Waals surface area contributed by atoms with E-state index in [9.17, 15) is 26.0 Å². The van der Waals surface area contributed by atoms with Crippen LogP contribution in [0.15, 0.2) is 51.9 Å². The number of aromatic nitrogens is 1. The third-order valence-electron chi connectivity index (χ3n) is 5.85. The Morgan fingerprint density at radius 2 is 1.88 bits per heavy atom. The van der Waals surface area contributed by atoms with Gasteiger partial charge in [0.15, 0.2) is 5.58 Å². The van der Waals surface area contributed by atoms with Crippen LogP contribution in [-0.2, 0) is 16.2 Å². The van der Waals surface area contributed by atoms with Crippen LogP contribution in [0.3, 0.4) is 0 Å². The van der Waals surface area contributed by atoms with E-state index in [4.69, 9.17) is 4.52 Å². The zero-order chi connectivity index (χ0) is 23.6. The average molecular weight is 486 g/mol.